The van der Waals surface area contributed by atoms with Gasteiger partial charge in [0.2, 0.25) is 0 Å². The van der Waals surface area contributed by atoms with Gasteiger partial charge < -0.3 is 11.1 Å². The first-order valence-electron chi connectivity index (χ1n) is 6.22. The van der Waals surface area contributed by atoms with Gasteiger partial charge in [0.05, 0.1) is 11.4 Å². The van der Waals surface area contributed by atoms with Crippen LogP contribution in [0.4, 0.5) is 11.5 Å². The molecule has 2 rings (SSSR count). The molecule has 0 amide bonds. The Morgan fingerprint density at radius 3 is 2.65 bits per heavy atom. The van der Waals surface area contributed by atoms with Crippen LogP contribution in [0, 0.1) is 0 Å². The van der Waals surface area contributed by atoms with E-state index in [-0.39, 0.29) is 0 Å². The zero-order valence-electron chi connectivity index (χ0n) is 10.9. The monoisotopic (exact) mass is 254 g/mol. The summed E-state index contributed by atoms with van der Waals surface area (Å²) in [5.41, 5.74) is 7.89. The van der Waals surface area contributed by atoms with E-state index in [0.717, 1.165) is 30.2 Å². The van der Waals surface area contributed by atoms with Crippen LogP contribution in [0.15, 0.2) is 0 Å². The SMILES string of the molecule is CCc1nn(C)c(NCC2(SC)CCC2)c1N. The Bertz CT molecular complexity index is 390. The Hall–Kier alpha value is -0.840. The van der Waals surface area contributed by atoms with Crippen molar-refractivity contribution in [1.82, 2.24) is 9.78 Å². The van der Waals surface area contributed by atoms with Crippen LogP contribution in [0.5, 0.6) is 0 Å². The normalized spacial score (nSPS) is 17.8. The summed E-state index contributed by atoms with van der Waals surface area (Å²) >= 11 is 1.97. The van der Waals surface area contributed by atoms with Crippen LogP contribution in [0.25, 0.3) is 0 Å². The molecule has 1 aromatic heterocycles. The molecule has 1 aromatic rings. The molecule has 1 heterocycles. The fourth-order valence-corrected chi connectivity index (χ4v) is 3.25. The fraction of sp³-hybridized carbons (Fsp3) is 0.750. The molecule has 1 aliphatic carbocycles. The Balaban J connectivity index is 2.06. The molecule has 17 heavy (non-hydrogen) atoms. The van der Waals surface area contributed by atoms with E-state index in [4.69, 9.17) is 5.73 Å². The van der Waals surface area contributed by atoms with Gasteiger partial charge >= 0.3 is 0 Å². The van der Waals surface area contributed by atoms with E-state index in [0.29, 0.717) is 4.75 Å². The van der Waals surface area contributed by atoms with E-state index >= 15 is 0 Å². The molecule has 0 bridgehead atoms. The number of rotatable bonds is 5. The number of nitrogens with one attached hydrogen (secondary N) is 1. The lowest BCUT2D eigenvalue weighted by Gasteiger charge is -2.40. The number of nitrogens with zero attached hydrogens (tertiary/aromatic N) is 2. The molecular formula is C12H22N4S. The molecule has 0 unspecified atom stereocenters. The molecule has 0 spiro atoms. The maximum atomic E-state index is 6.09. The highest BCUT2D eigenvalue weighted by Crippen LogP contribution is 2.43. The van der Waals surface area contributed by atoms with Crippen molar-refractivity contribution in [3.05, 3.63) is 5.69 Å². The second-order valence-electron chi connectivity index (χ2n) is 4.78. The number of nitrogens with two attached hydrogens (primary N) is 1. The zero-order valence-corrected chi connectivity index (χ0v) is 11.7. The molecule has 5 heteroatoms. The highest BCUT2D eigenvalue weighted by molar-refractivity contribution is 8.00. The number of thioether (sulfide) groups is 1. The largest absolute Gasteiger partial charge is 0.394 e. The van der Waals surface area contributed by atoms with Gasteiger partial charge in [-0.15, -0.1) is 0 Å². The van der Waals surface area contributed by atoms with Crippen molar-refractivity contribution >= 4 is 23.3 Å². The molecular weight excluding hydrogens is 232 g/mol. The fourth-order valence-electron chi connectivity index (χ4n) is 2.34. The third-order valence-corrected chi connectivity index (χ3v) is 5.19. The maximum absolute atomic E-state index is 6.09. The van der Waals surface area contributed by atoms with E-state index < -0.39 is 0 Å². The number of nitrogen functional groups attached to an aromatic ring is 1. The van der Waals surface area contributed by atoms with Crippen LogP contribution in [-0.4, -0.2) is 27.3 Å². The van der Waals surface area contributed by atoms with Gasteiger partial charge in [-0.2, -0.15) is 16.9 Å². The smallest absolute Gasteiger partial charge is 0.147 e. The lowest BCUT2D eigenvalue weighted by molar-refractivity contribution is 0.379. The molecule has 0 atom stereocenters. The van der Waals surface area contributed by atoms with Gasteiger partial charge in [-0.1, -0.05) is 13.3 Å². The van der Waals surface area contributed by atoms with Crippen molar-refractivity contribution in [3.63, 3.8) is 0 Å². The van der Waals surface area contributed by atoms with E-state index in [1.165, 1.54) is 19.3 Å². The van der Waals surface area contributed by atoms with Crippen LogP contribution >= 0.6 is 11.8 Å². The van der Waals surface area contributed by atoms with Crippen molar-refractivity contribution < 1.29 is 0 Å². The topological polar surface area (TPSA) is 55.9 Å². The Labute approximate surface area is 107 Å². The molecule has 0 aromatic carbocycles. The van der Waals surface area contributed by atoms with Crippen molar-refractivity contribution in [2.24, 2.45) is 7.05 Å². The summed E-state index contributed by atoms with van der Waals surface area (Å²) in [6.07, 6.45) is 7.04. The molecule has 96 valence electrons. The summed E-state index contributed by atoms with van der Waals surface area (Å²) in [4.78, 5) is 0. The average molecular weight is 254 g/mol. The van der Waals surface area contributed by atoms with Gasteiger partial charge in [-0.3, -0.25) is 4.68 Å². The second-order valence-corrected chi connectivity index (χ2v) is 6.05. The predicted molar refractivity (Wildman–Crippen MR) is 75.6 cm³/mol. The van der Waals surface area contributed by atoms with E-state index in [9.17, 15) is 0 Å². The number of aromatic nitrogens is 2. The molecule has 0 radical (unpaired) electrons. The molecule has 1 aliphatic rings. The minimum Gasteiger partial charge on any atom is -0.394 e. The maximum Gasteiger partial charge on any atom is 0.147 e. The Kier molecular flexibility index (Phi) is 3.56. The Morgan fingerprint density at radius 2 is 2.24 bits per heavy atom. The van der Waals surface area contributed by atoms with E-state index in [2.05, 4.69) is 23.6 Å². The minimum absolute atomic E-state index is 0.420. The number of aryl methyl sites for hydroxylation is 2. The molecule has 1 fully saturated rings. The van der Waals surface area contributed by atoms with Crippen LogP contribution in [-0.2, 0) is 13.5 Å². The number of anilines is 2. The first-order chi connectivity index (χ1) is 8.12. The average Bonchev–Trinajstić information content (AvgIpc) is 2.54. The van der Waals surface area contributed by atoms with Gasteiger partial charge in [0.15, 0.2) is 0 Å². The quantitative estimate of drug-likeness (QED) is 0.846. The van der Waals surface area contributed by atoms with Gasteiger partial charge in [-0.05, 0) is 25.5 Å². The van der Waals surface area contributed by atoms with Crippen LogP contribution in [0.1, 0.15) is 31.9 Å². The first-order valence-corrected chi connectivity index (χ1v) is 7.45. The Morgan fingerprint density at radius 1 is 1.53 bits per heavy atom. The standard InChI is InChI=1S/C12H22N4S/c1-4-9-10(13)11(16(2)15-9)14-8-12(17-3)6-5-7-12/h14H,4-8,13H2,1-3H3. The molecule has 1 saturated carbocycles. The van der Waals surface area contributed by atoms with Gasteiger partial charge in [0, 0.05) is 18.3 Å². The minimum atomic E-state index is 0.420. The van der Waals surface area contributed by atoms with Gasteiger partial charge in [0.25, 0.3) is 0 Å². The first kappa shape index (κ1) is 12.6. The van der Waals surface area contributed by atoms with Gasteiger partial charge in [0.1, 0.15) is 5.82 Å². The second kappa shape index (κ2) is 4.80. The lowest BCUT2D eigenvalue weighted by atomic mass is 9.84. The summed E-state index contributed by atoms with van der Waals surface area (Å²) in [7, 11) is 1.95. The zero-order chi connectivity index (χ0) is 12.5. The lowest BCUT2D eigenvalue weighted by Crippen LogP contribution is -2.40. The highest BCUT2D eigenvalue weighted by Gasteiger charge is 2.36. The molecule has 0 saturated heterocycles. The van der Waals surface area contributed by atoms with Crippen molar-refractivity contribution in [2.75, 3.05) is 23.9 Å². The predicted octanol–water partition coefficient (Wildman–Crippen LogP) is 2.26. The molecule has 3 N–H and O–H groups in total. The van der Waals surface area contributed by atoms with Crippen molar-refractivity contribution in [3.8, 4) is 0 Å². The van der Waals surface area contributed by atoms with E-state index in [1.54, 1.807) is 0 Å². The summed E-state index contributed by atoms with van der Waals surface area (Å²) in [6, 6.07) is 0. The summed E-state index contributed by atoms with van der Waals surface area (Å²) < 4.78 is 2.28. The van der Waals surface area contributed by atoms with Gasteiger partial charge in [-0.25, -0.2) is 0 Å². The third kappa shape index (κ3) is 2.25. The van der Waals surface area contributed by atoms with Crippen LogP contribution in [0.3, 0.4) is 0 Å². The number of hydrogen-bond donors (Lipinski definition) is 2. The summed E-state index contributed by atoms with van der Waals surface area (Å²) in [6.45, 7) is 3.07. The van der Waals surface area contributed by atoms with Crippen molar-refractivity contribution in [2.45, 2.75) is 37.4 Å². The van der Waals surface area contributed by atoms with E-state index in [1.807, 2.05) is 23.5 Å². The van der Waals surface area contributed by atoms with Crippen molar-refractivity contribution in [1.29, 1.82) is 0 Å². The molecule has 4 nitrogen and oxygen atoms in total. The third-order valence-electron chi connectivity index (χ3n) is 3.77. The highest BCUT2D eigenvalue weighted by atomic mass is 32.2. The summed E-state index contributed by atoms with van der Waals surface area (Å²) in [5, 5.41) is 7.91. The number of hydrogen-bond acceptors (Lipinski definition) is 4. The summed E-state index contributed by atoms with van der Waals surface area (Å²) in [5.74, 6) is 0.974. The van der Waals surface area contributed by atoms with Crippen LogP contribution in [0.2, 0.25) is 0 Å². The molecule has 0 aliphatic heterocycles. The van der Waals surface area contributed by atoms with Crippen LogP contribution < -0.4 is 11.1 Å².